The summed E-state index contributed by atoms with van der Waals surface area (Å²) in [6.45, 7) is -0.281. The Hall–Kier alpha value is -2.56. The summed E-state index contributed by atoms with van der Waals surface area (Å²) in [4.78, 5) is 15.0. The van der Waals surface area contributed by atoms with Crippen molar-refractivity contribution in [3.05, 3.63) is 63.7 Å². The van der Waals surface area contributed by atoms with E-state index in [0.29, 0.717) is 26.2 Å². The molecule has 4 rings (SSSR count). The molecule has 4 atom stereocenters. The number of hydrogen-bond acceptors (Lipinski definition) is 7. The number of aromatic hydroxyl groups is 1. The average molecular weight is 525 g/mol. The third kappa shape index (κ3) is 4.77. The van der Waals surface area contributed by atoms with E-state index in [4.69, 9.17) is 25.8 Å². The molecule has 0 amide bonds. The number of aromatic nitrogens is 1. The summed E-state index contributed by atoms with van der Waals surface area (Å²) in [6, 6.07) is 9.86. The quantitative estimate of drug-likeness (QED) is 0.288. The van der Waals surface area contributed by atoms with Crippen molar-refractivity contribution in [3.8, 4) is 11.5 Å². The Labute approximate surface area is 196 Å². The Morgan fingerprint density at radius 1 is 1.19 bits per heavy atom. The lowest BCUT2D eigenvalue weighted by Crippen LogP contribution is -2.36. The Morgan fingerprint density at radius 2 is 1.94 bits per heavy atom. The highest BCUT2D eigenvalue weighted by atomic mass is 79.9. The molecule has 0 unspecified atom stereocenters. The van der Waals surface area contributed by atoms with Crippen LogP contribution in [-0.4, -0.2) is 57.5 Å². The number of nitrogens with one attached hydrogen (secondary N) is 1. The molecule has 32 heavy (non-hydrogen) atoms. The Balaban J connectivity index is 1.37. The topological polar surface area (TPSA) is 121 Å². The number of carbonyl (C=O) groups is 1. The number of aliphatic hydroxyl groups is 2. The fraction of sp³-hybridized carbons (Fsp3) is 0.227. The van der Waals surface area contributed by atoms with Crippen LogP contribution in [0.25, 0.3) is 17.0 Å². The molecule has 0 bridgehead atoms. The molecule has 0 spiro atoms. The lowest BCUT2D eigenvalue weighted by atomic mass is 10.1. The van der Waals surface area contributed by atoms with Crippen molar-refractivity contribution in [2.24, 2.45) is 0 Å². The van der Waals surface area contributed by atoms with E-state index in [0.717, 1.165) is 5.52 Å². The number of phenols is 1. The van der Waals surface area contributed by atoms with Gasteiger partial charge in [-0.1, -0.05) is 23.7 Å². The smallest absolute Gasteiger partial charge is 0.330 e. The molecule has 3 aromatic rings. The van der Waals surface area contributed by atoms with Gasteiger partial charge in [0.1, 0.15) is 36.4 Å². The Morgan fingerprint density at radius 3 is 2.69 bits per heavy atom. The minimum Gasteiger partial charge on any atom is -0.508 e. The number of fused-ring (bicyclic) bond motifs is 1. The summed E-state index contributed by atoms with van der Waals surface area (Å²) in [5.41, 5.74) is 1.43. The first kappa shape index (κ1) is 22.6. The number of H-pyrrole nitrogens is 1. The molecule has 1 aliphatic heterocycles. The Bertz CT molecular complexity index is 1150. The van der Waals surface area contributed by atoms with Crippen LogP contribution < -0.4 is 4.74 Å². The summed E-state index contributed by atoms with van der Waals surface area (Å²) in [5, 5.41) is 30.9. The van der Waals surface area contributed by atoms with E-state index < -0.39 is 30.6 Å². The predicted molar refractivity (Wildman–Crippen MR) is 120 cm³/mol. The standard InChI is InChI=1S/C22H19BrClNO7/c23-13-6-7-14-18(19(13)24)15(9-25-14)31-22-21(29)20(28)16(32-22)10-30-17(27)8-3-11-1-4-12(26)5-2-11/h1-9,16,20-22,25-26,28-29H,10H2/b8-3+/t16-,20-,21+,22+/m0/s1. The molecule has 2 heterocycles. The first-order valence-electron chi connectivity index (χ1n) is 9.60. The van der Waals surface area contributed by atoms with Gasteiger partial charge in [0.05, 0.1) is 15.9 Å². The van der Waals surface area contributed by atoms with Crippen molar-refractivity contribution in [2.45, 2.75) is 24.6 Å². The highest BCUT2D eigenvalue weighted by molar-refractivity contribution is 9.10. The van der Waals surface area contributed by atoms with E-state index >= 15 is 0 Å². The SMILES string of the molecule is O=C(/C=C/c1ccc(O)cc1)OC[C@@H]1O[C@@H](Oc2c[nH]c3ccc(Br)c(Cl)c23)[C@H](O)[C@H]1O. The zero-order valence-electron chi connectivity index (χ0n) is 16.4. The highest BCUT2D eigenvalue weighted by Gasteiger charge is 2.45. The normalized spacial score (nSPS) is 23.1. The molecule has 1 saturated heterocycles. The molecule has 2 aromatic carbocycles. The second kappa shape index (κ2) is 9.51. The molecule has 4 N–H and O–H groups in total. The van der Waals surface area contributed by atoms with Crippen LogP contribution in [0.15, 0.2) is 53.1 Å². The molecule has 10 heteroatoms. The minimum atomic E-state index is -1.36. The van der Waals surface area contributed by atoms with Crippen LogP contribution in [0.4, 0.5) is 0 Å². The van der Waals surface area contributed by atoms with Gasteiger partial charge in [0.25, 0.3) is 0 Å². The maximum atomic E-state index is 12.0. The van der Waals surface area contributed by atoms with Crippen LogP contribution in [0.3, 0.4) is 0 Å². The van der Waals surface area contributed by atoms with Gasteiger partial charge in [0.2, 0.25) is 6.29 Å². The number of carbonyl (C=O) groups excluding carboxylic acids is 1. The van der Waals surface area contributed by atoms with Crippen molar-refractivity contribution in [3.63, 3.8) is 0 Å². The molecule has 0 aliphatic carbocycles. The fourth-order valence-electron chi connectivity index (χ4n) is 3.26. The van der Waals surface area contributed by atoms with E-state index in [1.54, 1.807) is 24.4 Å². The van der Waals surface area contributed by atoms with E-state index in [1.807, 2.05) is 6.07 Å². The maximum absolute atomic E-state index is 12.0. The van der Waals surface area contributed by atoms with Gasteiger partial charge in [-0.25, -0.2) is 4.79 Å². The molecule has 0 radical (unpaired) electrons. The molecular weight excluding hydrogens is 506 g/mol. The van der Waals surface area contributed by atoms with Crippen molar-refractivity contribution < 1.29 is 34.3 Å². The molecule has 0 saturated carbocycles. The third-order valence-electron chi connectivity index (χ3n) is 4.96. The third-order valence-corrected chi connectivity index (χ3v) is 6.24. The summed E-state index contributed by atoms with van der Waals surface area (Å²) < 4.78 is 17.1. The van der Waals surface area contributed by atoms with Crippen LogP contribution in [0.2, 0.25) is 5.02 Å². The summed E-state index contributed by atoms with van der Waals surface area (Å²) in [5.74, 6) is -0.187. The van der Waals surface area contributed by atoms with Gasteiger partial charge in [-0.3, -0.25) is 0 Å². The van der Waals surface area contributed by atoms with Crippen molar-refractivity contribution in [2.75, 3.05) is 6.61 Å². The van der Waals surface area contributed by atoms with Gasteiger partial charge >= 0.3 is 5.97 Å². The number of esters is 1. The van der Waals surface area contributed by atoms with Crippen molar-refractivity contribution in [1.82, 2.24) is 4.98 Å². The lowest BCUT2D eigenvalue weighted by molar-refractivity contribution is -0.148. The lowest BCUT2D eigenvalue weighted by Gasteiger charge is -2.16. The number of ether oxygens (including phenoxy) is 3. The van der Waals surface area contributed by atoms with E-state index in [-0.39, 0.29) is 12.4 Å². The summed E-state index contributed by atoms with van der Waals surface area (Å²) in [7, 11) is 0. The minimum absolute atomic E-state index is 0.120. The zero-order chi connectivity index (χ0) is 22.8. The average Bonchev–Trinajstić information content (AvgIpc) is 3.31. The van der Waals surface area contributed by atoms with Crippen LogP contribution in [0.5, 0.6) is 11.5 Å². The van der Waals surface area contributed by atoms with Crippen molar-refractivity contribution >= 4 is 50.5 Å². The summed E-state index contributed by atoms with van der Waals surface area (Å²) >= 11 is 9.70. The number of phenolic OH excluding ortho intramolecular Hbond substituents is 1. The second-order valence-corrected chi connectivity index (χ2v) is 8.37. The number of benzene rings is 2. The number of aromatic amines is 1. The summed E-state index contributed by atoms with van der Waals surface area (Å²) in [6.07, 6.45) is -0.531. The van der Waals surface area contributed by atoms with Gasteiger partial charge < -0.3 is 34.5 Å². The number of aliphatic hydroxyl groups excluding tert-OH is 2. The van der Waals surface area contributed by atoms with E-state index in [9.17, 15) is 20.1 Å². The monoisotopic (exact) mass is 523 g/mol. The van der Waals surface area contributed by atoms with Gasteiger partial charge in [-0.15, -0.1) is 0 Å². The number of hydrogen-bond donors (Lipinski definition) is 4. The largest absolute Gasteiger partial charge is 0.508 e. The molecule has 1 aliphatic rings. The first-order chi connectivity index (χ1) is 15.3. The highest BCUT2D eigenvalue weighted by Crippen LogP contribution is 2.38. The molecule has 8 nitrogen and oxygen atoms in total. The van der Waals surface area contributed by atoms with Gasteiger partial charge in [-0.05, 0) is 51.8 Å². The molecule has 168 valence electrons. The van der Waals surface area contributed by atoms with E-state index in [1.165, 1.54) is 24.3 Å². The molecular formula is C22H19BrClNO7. The Kier molecular flexibility index (Phi) is 6.73. The first-order valence-corrected chi connectivity index (χ1v) is 10.8. The second-order valence-electron chi connectivity index (χ2n) is 7.13. The van der Waals surface area contributed by atoms with Gasteiger partial charge in [0, 0.05) is 16.7 Å². The van der Waals surface area contributed by atoms with Crippen LogP contribution in [0, 0.1) is 0 Å². The maximum Gasteiger partial charge on any atom is 0.330 e. The van der Waals surface area contributed by atoms with Gasteiger partial charge in [0.15, 0.2) is 0 Å². The molecule has 1 fully saturated rings. The molecule has 1 aromatic heterocycles. The van der Waals surface area contributed by atoms with Crippen LogP contribution in [0.1, 0.15) is 5.56 Å². The fourth-order valence-corrected chi connectivity index (χ4v) is 3.85. The van der Waals surface area contributed by atoms with E-state index in [2.05, 4.69) is 20.9 Å². The van der Waals surface area contributed by atoms with Crippen LogP contribution in [-0.2, 0) is 14.3 Å². The van der Waals surface area contributed by atoms with Crippen LogP contribution >= 0.6 is 27.5 Å². The van der Waals surface area contributed by atoms with Crippen molar-refractivity contribution in [1.29, 1.82) is 0 Å². The number of halogens is 2. The zero-order valence-corrected chi connectivity index (χ0v) is 18.8. The van der Waals surface area contributed by atoms with Gasteiger partial charge in [-0.2, -0.15) is 0 Å². The predicted octanol–water partition coefficient (Wildman–Crippen LogP) is 3.37. The number of rotatable bonds is 6.